The number of carbonyl (C=O) groups is 1. The first-order valence-electron chi connectivity index (χ1n) is 6.14. The zero-order chi connectivity index (χ0) is 13.8. The van der Waals surface area contributed by atoms with Gasteiger partial charge in [-0.25, -0.2) is 4.68 Å². The Hall–Kier alpha value is -1.86. The Morgan fingerprint density at radius 1 is 1.45 bits per heavy atom. The molecule has 2 aromatic rings. The summed E-state index contributed by atoms with van der Waals surface area (Å²) in [6.07, 6.45) is 5.16. The van der Waals surface area contributed by atoms with Crippen LogP contribution >= 0.6 is 12.4 Å². The van der Waals surface area contributed by atoms with Crippen LogP contribution in [0.5, 0.6) is 0 Å². The van der Waals surface area contributed by atoms with Gasteiger partial charge in [0, 0.05) is 31.4 Å². The summed E-state index contributed by atoms with van der Waals surface area (Å²) in [5, 5.41) is 14.0. The number of likely N-dealkylation sites (N-methyl/N-ethyl adjacent to an activating group) is 1. The third-order valence-electron chi connectivity index (χ3n) is 2.88. The lowest BCUT2D eigenvalue weighted by Crippen LogP contribution is -2.31. The van der Waals surface area contributed by atoms with E-state index >= 15 is 0 Å². The summed E-state index contributed by atoms with van der Waals surface area (Å²) in [5.74, 6) is 0.558. The molecule has 7 nitrogen and oxygen atoms in total. The number of carbonyl (C=O) groups excluding carboxylic acids is 1. The maximum Gasteiger partial charge on any atom is 0.247 e. The summed E-state index contributed by atoms with van der Waals surface area (Å²) < 4.78 is 3.40. The van der Waals surface area contributed by atoms with Crippen LogP contribution < -0.4 is 10.6 Å². The minimum Gasteiger partial charge on any atom is -0.309 e. The molecule has 110 valence electrons. The standard InChI is InChI=1S/C12H18N6O.ClH/c1-4-18-10(5-6-14-18)16-12(19)11(13-2)9-7-15-17(3)8-9;/h5-8,11,13H,4H2,1-3H3,(H,16,19);1H. The van der Waals surface area contributed by atoms with Crippen molar-refractivity contribution in [3.05, 3.63) is 30.2 Å². The number of aromatic nitrogens is 4. The highest BCUT2D eigenvalue weighted by atomic mass is 35.5. The van der Waals surface area contributed by atoms with E-state index in [2.05, 4.69) is 20.8 Å². The Balaban J connectivity index is 0.00000200. The molecule has 1 unspecified atom stereocenters. The Labute approximate surface area is 123 Å². The third kappa shape index (κ3) is 3.37. The van der Waals surface area contributed by atoms with Crippen LogP contribution in [-0.4, -0.2) is 32.5 Å². The molecule has 2 N–H and O–H groups in total. The molecule has 8 heteroatoms. The normalized spacial score (nSPS) is 11.8. The smallest absolute Gasteiger partial charge is 0.247 e. The van der Waals surface area contributed by atoms with Crippen molar-refractivity contribution in [2.24, 2.45) is 7.05 Å². The molecular formula is C12H19ClN6O. The number of hydrogen-bond acceptors (Lipinski definition) is 4. The van der Waals surface area contributed by atoms with Crippen molar-refractivity contribution in [2.75, 3.05) is 12.4 Å². The number of amides is 1. The minimum absolute atomic E-state index is 0. The van der Waals surface area contributed by atoms with Gasteiger partial charge in [-0.15, -0.1) is 12.4 Å². The first-order chi connectivity index (χ1) is 9.15. The van der Waals surface area contributed by atoms with E-state index in [-0.39, 0.29) is 18.3 Å². The molecular weight excluding hydrogens is 280 g/mol. The summed E-state index contributed by atoms with van der Waals surface area (Å²) in [6.45, 7) is 2.68. The van der Waals surface area contributed by atoms with Crippen molar-refractivity contribution in [1.29, 1.82) is 0 Å². The predicted octanol–water partition coefficient (Wildman–Crippen LogP) is 0.957. The maximum absolute atomic E-state index is 12.3. The molecule has 2 heterocycles. The van der Waals surface area contributed by atoms with Crippen molar-refractivity contribution >= 4 is 24.1 Å². The summed E-state index contributed by atoms with van der Waals surface area (Å²) >= 11 is 0. The van der Waals surface area contributed by atoms with Crippen LogP contribution in [0.3, 0.4) is 0 Å². The van der Waals surface area contributed by atoms with Crippen molar-refractivity contribution in [3.63, 3.8) is 0 Å². The van der Waals surface area contributed by atoms with Gasteiger partial charge in [-0.2, -0.15) is 10.2 Å². The molecule has 0 aliphatic carbocycles. The molecule has 0 aromatic carbocycles. The number of aryl methyl sites for hydroxylation is 2. The van der Waals surface area contributed by atoms with E-state index in [4.69, 9.17) is 0 Å². The van der Waals surface area contributed by atoms with Gasteiger partial charge in [0.1, 0.15) is 11.9 Å². The van der Waals surface area contributed by atoms with Crippen molar-refractivity contribution in [2.45, 2.75) is 19.5 Å². The van der Waals surface area contributed by atoms with Gasteiger partial charge in [-0.3, -0.25) is 9.48 Å². The van der Waals surface area contributed by atoms with Gasteiger partial charge in [0.25, 0.3) is 0 Å². The molecule has 0 saturated heterocycles. The van der Waals surface area contributed by atoms with E-state index in [1.54, 1.807) is 34.9 Å². The number of nitrogens with zero attached hydrogens (tertiary/aromatic N) is 4. The van der Waals surface area contributed by atoms with Crippen LogP contribution in [0, 0.1) is 0 Å². The lowest BCUT2D eigenvalue weighted by Gasteiger charge is -2.14. The zero-order valence-corrected chi connectivity index (χ0v) is 12.5. The predicted molar refractivity (Wildman–Crippen MR) is 78.8 cm³/mol. The van der Waals surface area contributed by atoms with E-state index in [1.807, 2.05) is 20.2 Å². The van der Waals surface area contributed by atoms with E-state index in [0.29, 0.717) is 12.4 Å². The lowest BCUT2D eigenvalue weighted by atomic mass is 10.1. The van der Waals surface area contributed by atoms with E-state index in [9.17, 15) is 4.79 Å². The molecule has 0 spiro atoms. The van der Waals surface area contributed by atoms with Gasteiger partial charge in [0.05, 0.1) is 12.4 Å². The highest BCUT2D eigenvalue weighted by Gasteiger charge is 2.21. The topological polar surface area (TPSA) is 76.8 Å². The second kappa shape index (κ2) is 7.06. The first kappa shape index (κ1) is 16.2. The van der Waals surface area contributed by atoms with Crippen LogP contribution in [0.1, 0.15) is 18.5 Å². The monoisotopic (exact) mass is 298 g/mol. The maximum atomic E-state index is 12.3. The highest BCUT2D eigenvalue weighted by molar-refractivity contribution is 5.94. The average Bonchev–Trinajstić information content (AvgIpc) is 2.99. The minimum atomic E-state index is -0.436. The van der Waals surface area contributed by atoms with Crippen LogP contribution in [0.4, 0.5) is 5.82 Å². The summed E-state index contributed by atoms with van der Waals surface area (Å²) in [4.78, 5) is 12.3. The fourth-order valence-corrected chi connectivity index (χ4v) is 1.93. The fraction of sp³-hybridized carbons (Fsp3) is 0.417. The second-order valence-corrected chi connectivity index (χ2v) is 4.19. The highest BCUT2D eigenvalue weighted by Crippen LogP contribution is 2.14. The molecule has 2 aromatic heterocycles. The Morgan fingerprint density at radius 3 is 2.75 bits per heavy atom. The van der Waals surface area contributed by atoms with Crippen LogP contribution in [0.15, 0.2) is 24.7 Å². The SMILES string of the molecule is CCn1nccc1NC(=O)C(NC)c1cnn(C)c1.Cl. The van der Waals surface area contributed by atoms with Gasteiger partial charge in [0.2, 0.25) is 5.91 Å². The summed E-state index contributed by atoms with van der Waals surface area (Å²) in [5.41, 5.74) is 0.824. The van der Waals surface area contributed by atoms with Crippen LogP contribution in [0.25, 0.3) is 0 Å². The molecule has 2 rings (SSSR count). The lowest BCUT2D eigenvalue weighted by molar-refractivity contribution is -0.118. The molecule has 1 amide bonds. The zero-order valence-electron chi connectivity index (χ0n) is 11.7. The van der Waals surface area contributed by atoms with Crippen molar-refractivity contribution in [1.82, 2.24) is 24.9 Å². The number of nitrogens with one attached hydrogen (secondary N) is 2. The Morgan fingerprint density at radius 2 is 2.20 bits per heavy atom. The van der Waals surface area contributed by atoms with Gasteiger partial charge in [-0.05, 0) is 14.0 Å². The largest absolute Gasteiger partial charge is 0.309 e. The number of hydrogen-bond donors (Lipinski definition) is 2. The Kier molecular flexibility index (Phi) is 5.72. The molecule has 0 aliphatic rings. The molecule has 0 bridgehead atoms. The van der Waals surface area contributed by atoms with Crippen molar-refractivity contribution < 1.29 is 4.79 Å². The molecule has 0 radical (unpaired) electrons. The molecule has 0 saturated carbocycles. The van der Waals surface area contributed by atoms with Crippen molar-refractivity contribution in [3.8, 4) is 0 Å². The quantitative estimate of drug-likeness (QED) is 0.862. The fourth-order valence-electron chi connectivity index (χ4n) is 1.93. The first-order valence-corrected chi connectivity index (χ1v) is 6.14. The third-order valence-corrected chi connectivity index (χ3v) is 2.88. The van der Waals surface area contributed by atoms with Crippen LogP contribution in [0.2, 0.25) is 0 Å². The van der Waals surface area contributed by atoms with Gasteiger partial charge in [-0.1, -0.05) is 0 Å². The molecule has 0 fully saturated rings. The van der Waals surface area contributed by atoms with E-state index in [0.717, 1.165) is 5.56 Å². The second-order valence-electron chi connectivity index (χ2n) is 4.19. The summed E-state index contributed by atoms with van der Waals surface area (Å²) in [7, 11) is 3.56. The molecule has 20 heavy (non-hydrogen) atoms. The Bertz CT molecular complexity index is 564. The number of halogens is 1. The average molecular weight is 299 g/mol. The van der Waals surface area contributed by atoms with Gasteiger partial charge in [0.15, 0.2) is 0 Å². The number of anilines is 1. The van der Waals surface area contributed by atoms with Crippen LogP contribution in [-0.2, 0) is 18.4 Å². The number of rotatable bonds is 5. The van der Waals surface area contributed by atoms with E-state index < -0.39 is 6.04 Å². The molecule has 1 atom stereocenters. The van der Waals surface area contributed by atoms with Gasteiger partial charge < -0.3 is 10.6 Å². The molecule has 0 aliphatic heterocycles. The van der Waals surface area contributed by atoms with E-state index in [1.165, 1.54) is 0 Å². The summed E-state index contributed by atoms with van der Waals surface area (Å²) in [6, 6.07) is 1.34. The van der Waals surface area contributed by atoms with Gasteiger partial charge >= 0.3 is 0 Å².